The number of nitrogens with zero attached hydrogens (tertiary/aromatic N) is 1. The molecule has 0 aliphatic heterocycles. The van der Waals surface area contributed by atoms with Crippen LogP contribution in [0.2, 0.25) is 0 Å². The molecule has 3 rings (SSSR count). The highest BCUT2D eigenvalue weighted by Crippen LogP contribution is 2.28. The minimum Gasteiger partial charge on any atom is -0.351 e. The van der Waals surface area contributed by atoms with Crippen LogP contribution in [0.25, 0.3) is 0 Å². The summed E-state index contributed by atoms with van der Waals surface area (Å²) < 4.78 is 13.6. The van der Waals surface area contributed by atoms with Gasteiger partial charge in [0.2, 0.25) is 11.8 Å². The van der Waals surface area contributed by atoms with E-state index < -0.39 is 11.9 Å². The van der Waals surface area contributed by atoms with Crippen LogP contribution >= 0.6 is 11.6 Å². The smallest absolute Gasteiger partial charge is 0.247 e. The maximum absolute atomic E-state index is 13.6. The number of nitrogens with one attached hydrogen (secondary N) is 1. The van der Waals surface area contributed by atoms with E-state index in [1.807, 2.05) is 31.2 Å². The lowest BCUT2D eigenvalue weighted by atomic mass is 9.87. The number of halogens is 2. The zero-order valence-corrected chi connectivity index (χ0v) is 18.9. The number of rotatable bonds is 7. The second-order valence-electron chi connectivity index (χ2n) is 8.56. The minimum atomic E-state index is -0.882. The average Bonchev–Trinajstić information content (AvgIpc) is 2.77. The fourth-order valence-electron chi connectivity index (χ4n) is 4.09. The molecule has 1 aliphatic rings. The second-order valence-corrected chi connectivity index (χ2v) is 8.83. The fraction of sp³-hybridized carbons (Fsp3) is 0.440. The molecule has 0 heterocycles. The number of hydrogen-bond donors (Lipinski definition) is 1. The molecule has 166 valence electrons. The van der Waals surface area contributed by atoms with Crippen LogP contribution in [-0.2, 0) is 16.1 Å². The number of amides is 2. The van der Waals surface area contributed by atoms with E-state index in [0.717, 1.165) is 36.8 Å². The topological polar surface area (TPSA) is 49.4 Å². The number of carbonyl (C=O) groups excluding carboxylic acids is 2. The van der Waals surface area contributed by atoms with Gasteiger partial charge in [-0.05, 0) is 61.8 Å². The normalized spacial score (nSPS) is 19.5. The van der Waals surface area contributed by atoms with Crippen molar-refractivity contribution in [1.82, 2.24) is 10.2 Å². The summed E-state index contributed by atoms with van der Waals surface area (Å²) >= 11 is 5.92. The summed E-state index contributed by atoms with van der Waals surface area (Å²) in [6.07, 6.45) is 3.98. The van der Waals surface area contributed by atoms with Crippen molar-refractivity contribution in [3.8, 4) is 0 Å². The zero-order valence-electron chi connectivity index (χ0n) is 18.1. The van der Waals surface area contributed by atoms with E-state index in [9.17, 15) is 14.0 Å². The van der Waals surface area contributed by atoms with Crippen molar-refractivity contribution in [1.29, 1.82) is 0 Å². The molecule has 6 heteroatoms. The summed E-state index contributed by atoms with van der Waals surface area (Å²) in [6.45, 7) is 4.45. The molecule has 0 spiro atoms. The highest BCUT2D eigenvalue weighted by molar-refractivity contribution is 6.27. The lowest BCUT2D eigenvalue weighted by Crippen LogP contribution is -2.47. The monoisotopic (exact) mass is 444 g/mol. The highest BCUT2D eigenvalue weighted by atomic mass is 35.5. The molecule has 0 saturated heterocycles. The van der Waals surface area contributed by atoms with Gasteiger partial charge in [-0.3, -0.25) is 9.59 Å². The lowest BCUT2D eigenvalue weighted by molar-refractivity contribution is -0.140. The van der Waals surface area contributed by atoms with Gasteiger partial charge in [0.25, 0.3) is 0 Å². The maximum atomic E-state index is 13.6. The van der Waals surface area contributed by atoms with Crippen molar-refractivity contribution in [2.45, 2.75) is 58.2 Å². The number of carbonyl (C=O) groups is 2. The van der Waals surface area contributed by atoms with Crippen molar-refractivity contribution in [2.75, 3.05) is 5.88 Å². The summed E-state index contributed by atoms with van der Waals surface area (Å²) in [5.74, 6) is -0.562. The summed E-state index contributed by atoms with van der Waals surface area (Å²) in [7, 11) is 0. The van der Waals surface area contributed by atoms with E-state index in [0.29, 0.717) is 11.5 Å². The van der Waals surface area contributed by atoms with E-state index in [1.54, 1.807) is 12.1 Å². The van der Waals surface area contributed by atoms with E-state index in [1.165, 1.54) is 17.0 Å². The molecule has 1 N–H and O–H groups in total. The van der Waals surface area contributed by atoms with Crippen LogP contribution in [0.3, 0.4) is 0 Å². The van der Waals surface area contributed by atoms with Crippen molar-refractivity contribution < 1.29 is 14.0 Å². The van der Waals surface area contributed by atoms with E-state index in [2.05, 4.69) is 12.2 Å². The van der Waals surface area contributed by atoms with Crippen LogP contribution in [0.15, 0.2) is 48.5 Å². The molecule has 1 aliphatic carbocycles. The first-order valence-electron chi connectivity index (χ1n) is 10.8. The van der Waals surface area contributed by atoms with E-state index in [-0.39, 0.29) is 30.3 Å². The van der Waals surface area contributed by atoms with Gasteiger partial charge in [-0.1, -0.05) is 48.9 Å². The number of benzene rings is 2. The van der Waals surface area contributed by atoms with Gasteiger partial charge in [0, 0.05) is 12.6 Å². The van der Waals surface area contributed by atoms with Crippen LogP contribution in [0.5, 0.6) is 0 Å². The van der Waals surface area contributed by atoms with Gasteiger partial charge >= 0.3 is 0 Å². The van der Waals surface area contributed by atoms with Gasteiger partial charge in [-0.15, -0.1) is 11.6 Å². The summed E-state index contributed by atoms with van der Waals surface area (Å²) in [5, 5.41) is 3.14. The third kappa shape index (κ3) is 6.30. The van der Waals surface area contributed by atoms with Gasteiger partial charge in [0.05, 0.1) is 0 Å². The van der Waals surface area contributed by atoms with Gasteiger partial charge < -0.3 is 10.2 Å². The molecule has 4 nitrogen and oxygen atoms in total. The molecule has 1 atom stereocenters. The molecule has 2 amide bonds. The Bertz CT molecular complexity index is 877. The van der Waals surface area contributed by atoms with Crippen LogP contribution in [0, 0.1) is 18.7 Å². The van der Waals surface area contributed by atoms with Gasteiger partial charge in [-0.25, -0.2) is 4.39 Å². The van der Waals surface area contributed by atoms with Crippen LogP contribution in [0.4, 0.5) is 4.39 Å². The molecule has 0 unspecified atom stereocenters. The molecule has 1 saturated carbocycles. The lowest BCUT2D eigenvalue weighted by Gasteiger charge is -2.34. The highest BCUT2D eigenvalue weighted by Gasteiger charge is 2.33. The Labute approximate surface area is 188 Å². The predicted octanol–water partition coefficient (Wildman–Crippen LogP) is 5.14. The van der Waals surface area contributed by atoms with Gasteiger partial charge in [0.15, 0.2) is 0 Å². The molecule has 1 fully saturated rings. The van der Waals surface area contributed by atoms with Crippen LogP contribution in [-0.4, -0.2) is 28.6 Å². The first-order chi connectivity index (χ1) is 14.9. The Morgan fingerprint density at radius 2 is 1.68 bits per heavy atom. The molecule has 2 aromatic rings. The number of hydrogen-bond acceptors (Lipinski definition) is 2. The van der Waals surface area contributed by atoms with Crippen molar-refractivity contribution >= 4 is 23.4 Å². The zero-order chi connectivity index (χ0) is 22.4. The van der Waals surface area contributed by atoms with Crippen molar-refractivity contribution in [3.63, 3.8) is 0 Å². The Morgan fingerprint density at radius 1 is 1.06 bits per heavy atom. The quantitative estimate of drug-likeness (QED) is 0.601. The molecular weight excluding hydrogens is 415 g/mol. The largest absolute Gasteiger partial charge is 0.351 e. The summed E-state index contributed by atoms with van der Waals surface area (Å²) in [4.78, 5) is 27.8. The average molecular weight is 445 g/mol. The van der Waals surface area contributed by atoms with Crippen LogP contribution in [0.1, 0.15) is 55.3 Å². The standard InChI is InChI=1S/C25H30ClFN2O2/c1-17-3-7-19(8-4-17)16-29(23(30)15-26)24(20-9-11-21(27)12-10-20)25(31)28-22-13-5-18(2)6-14-22/h3-4,7-12,18,22,24H,5-6,13-16H2,1-2H3,(H,28,31)/t18?,22?,24-/m0/s1. The SMILES string of the molecule is Cc1ccc(CN(C(=O)CCl)[C@H](C(=O)NC2CCC(C)CC2)c2ccc(F)cc2)cc1. The number of alkyl halides is 1. The molecule has 2 aromatic carbocycles. The third-order valence-electron chi connectivity index (χ3n) is 6.02. The molecule has 0 bridgehead atoms. The summed E-state index contributed by atoms with van der Waals surface area (Å²) in [6, 6.07) is 12.8. The minimum absolute atomic E-state index is 0.0824. The second kappa shape index (κ2) is 10.8. The van der Waals surface area contributed by atoms with E-state index in [4.69, 9.17) is 11.6 Å². The van der Waals surface area contributed by atoms with Gasteiger partial charge in [-0.2, -0.15) is 0 Å². The molecule has 0 aromatic heterocycles. The van der Waals surface area contributed by atoms with Crippen molar-refractivity contribution in [3.05, 3.63) is 71.0 Å². The van der Waals surface area contributed by atoms with Gasteiger partial charge in [0.1, 0.15) is 17.7 Å². The molecule has 31 heavy (non-hydrogen) atoms. The van der Waals surface area contributed by atoms with E-state index >= 15 is 0 Å². The van der Waals surface area contributed by atoms with Crippen LogP contribution < -0.4 is 5.32 Å². The summed E-state index contributed by atoms with van der Waals surface area (Å²) in [5.41, 5.74) is 2.57. The fourth-order valence-corrected chi connectivity index (χ4v) is 4.25. The van der Waals surface area contributed by atoms with Crippen molar-refractivity contribution in [2.24, 2.45) is 5.92 Å². The Hall–Kier alpha value is -2.40. The first kappa shape index (κ1) is 23.3. The Balaban J connectivity index is 1.90. The Kier molecular flexibility index (Phi) is 8.08. The predicted molar refractivity (Wildman–Crippen MR) is 121 cm³/mol. The first-order valence-corrected chi connectivity index (χ1v) is 11.4. The number of aryl methyl sites for hydroxylation is 1. The molecular formula is C25H30ClFN2O2. The third-order valence-corrected chi connectivity index (χ3v) is 6.24. The maximum Gasteiger partial charge on any atom is 0.247 e. The Morgan fingerprint density at radius 3 is 2.26 bits per heavy atom. The molecule has 0 radical (unpaired) electrons.